The molecule has 1 aliphatic heterocycles. The minimum atomic E-state index is -0.721. The molecule has 3 amide bonds. The topological polar surface area (TPSA) is 75.4 Å². The number of rotatable bonds is 1. The lowest BCUT2D eigenvalue weighted by Gasteiger charge is -2.27. The summed E-state index contributed by atoms with van der Waals surface area (Å²) in [5.74, 6) is -0.407. The molecule has 3 N–H and O–H groups in total. The maximum atomic E-state index is 12.0. The Morgan fingerprint density at radius 3 is 2.62 bits per heavy atom. The molecule has 0 spiro atoms. The van der Waals surface area contributed by atoms with Crippen LogP contribution < -0.4 is 11.1 Å². The minimum Gasteiger partial charge on any atom is -0.314 e. The Morgan fingerprint density at radius 1 is 1.31 bits per heavy atom. The van der Waals surface area contributed by atoms with Crippen LogP contribution in [0.2, 0.25) is 0 Å². The lowest BCUT2D eigenvalue weighted by Crippen LogP contribution is -2.54. The molecule has 1 unspecified atom stereocenters. The second-order valence-electron chi connectivity index (χ2n) is 3.34. The number of imide groups is 1. The number of nitrogens with two attached hydrogens (primary N) is 1. The number of benzene rings is 1. The summed E-state index contributed by atoms with van der Waals surface area (Å²) in [5.41, 5.74) is 6.10. The summed E-state index contributed by atoms with van der Waals surface area (Å²) in [6.45, 7) is 0. The summed E-state index contributed by atoms with van der Waals surface area (Å²) >= 11 is 0. The maximum Gasteiger partial charge on any atom is 0.329 e. The van der Waals surface area contributed by atoms with Crippen LogP contribution in [-0.4, -0.2) is 23.0 Å². The Bertz CT molecular complexity index is 442. The van der Waals surface area contributed by atoms with Crippen LogP contribution in [0.4, 0.5) is 4.79 Å². The quantitative estimate of drug-likeness (QED) is 0.725. The van der Waals surface area contributed by atoms with Crippen LogP contribution in [0.15, 0.2) is 42.6 Å². The highest BCUT2D eigenvalue weighted by atomic mass is 16.2. The molecule has 5 nitrogen and oxygen atoms in total. The molecule has 16 heavy (non-hydrogen) atoms. The van der Waals surface area contributed by atoms with E-state index in [2.05, 4.69) is 5.32 Å². The van der Waals surface area contributed by atoms with Crippen molar-refractivity contribution in [3.63, 3.8) is 0 Å². The molecule has 1 aromatic carbocycles. The summed E-state index contributed by atoms with van der Waals surface area (Å²) < 4.78 is 0. The van der Waals surface area contributed by atoms with E-state index in [1.807, 2.05) is 0 Å². The van der Waals surface area contributed by atoms with E-state index in [-0.39, 0.29) is 0 Å². The van der Waals surface area contributed by atoms with Crippen molar-refractivity contribution in [3.8, 4) is 0 Å². The molecule has 0 aromatic heterocycles. The molecule has 1 aliphatic rings. The molecule has 0 bridgehead atoms. The van der Waals surface area contributed by atoms with E-state index in [1.54, 1.807) is 36.4 Å². The third kappa shape index (κ3) is 1.80. The molecular formula is C11H11N3O2. The Hall–Kier alpha value is -2.14. The molecule has 1 aromatic rings. The second-order valence-corrected chi connectivity index (χ2v) is 3.34. The number of hydrogen-bond acceptors (Lipinski definition) is 3. The molecule has 0 fully saturated rings. The van der Waals surface area contributed by atoms with Crippen LogP contribution in [-0.2, 0) is 0 Å². The summed E-state index contributed by atoms with van der Waals surface area (Å²) in [4.78, 5) is 24.4. The molecule has 0 saturated carbocycles. The number of nitrogens with one attached hydrogen (secondary N) is 1. The van der Waals surface area contributed by atoms with E-state index in [4.69, 9.17) is 5.73 Å². The van der Waals surface area contributed by atoms with Gasteiger partial charge in [-0.05, 0) is 18.2 Å². The Kier molecular flexibility index (Phi) is 2.70. The highest BCUT2D eigenvalue weighted by Crippen LogP contribution is 2.09. The number of urea groups is 1. The van der Waals surface area contributed by atoms with E-state index in [0.29, 0.717) is 5.56 Å². The van der Waals surface area contributed by atoms with Crippen LogP contribution in [0.3, 0.4) is 0 Å². The molecule has 5 heteroatoms. The van der Waals surface area contributed by atoms with Gasteiger partial charge in [-0.3, -0.25) is 4.79 Å². The van der Waals surface area contributed by atoms with Crippen LogP contribution in [0.25, 0.3) is 0 Å². The lowest BCUT2D eigenvalue weighted by atomic mass is 10.2. The summed E-state index contributed by atoms with van der Waals surface area (Å²) in [6, 6.07) is 8.03. The molecule has 1 heterocycles. The first-order valence-electron chi connectivity index (χ1n) is 4.81. The predicted molar refractivity (Wildman–Crippen MR) is 58.3 cm³/mol. The van der Waals surface area contributed by atoms with Crippen LogP contribution in [0.5, 0.6) is 0 Å². The minimum absolute atomic E-state index is 0.407. The van der Waals surface area contributed by atoms with E-state index in [0.717, 1.165) is 4.90 Å². The zero-order valence-corrected chi connectivity index (χ0v) is 8.46. The summed E-state index contributed by atoms with van der Waals surface area (Å²) in [6.07, 6.45) is 2.26. The Balaban J connectivity index is 2.28. The van der Waals surface area contributed by atoms with Crippen molar-refractivity contribution in [3.05, 3.63) is 48.2 Å². The van der Waals surface area contributed by atoms with Gasteiger partial charge in [0, 0.05) is 11.8 Å². The van der Waals surface area contributed by atoms with Gasteiger partial charge < -0.3 is 11.1 Å². The Morgan fingerprint density at radius 2 is 2.00 bits per heavy atom. The van der Waals surface area contributed by atoms with Gasteiger partial charge in [-0.15, -0.1) is 0 Å². The third-order valence-corrected chi connectivity index (χ3v) is 2.26. The van der Waals surface area contributed by atoms with Gasteiger partial charge >= 0.3 is 6.03 Å². The van der Waals surface area contributed by atoms with E-state index >= 15 is 0 Å². The third-order valence-electron chi connectivity index (χ3n) is 2.26. The van der Waals surface area contributed by atoms with Crippen molar-refractivity contribution < 1.29 is 9.59 Å². The second kappa shape index (κ2) is 4.16. The fourth-order valence-corrected chi connectivity index (χ4v) is 1.46. The van der Waals surface area contributed by atoms with Gasteiger partial charge in [0.25, 0.3) is 5.91 Å². The lowest BCUT2D eigenvalue weighted by molar-refractivity contribution is 0.0767. The highest BCUT2D eigenvalue weighted by molar-refractivity contribution is 6.05. The van der Waals surface area contributed by atoms with E-state index < -0.39 is 18.1 Å². The number of carbonyl (C=O) groups excluding carboxylic acids is 2. The number of amides is 3. The molecular weight excluding hydrogens is 206 g/mol. The van der Waals surface area contributed by atoms with Gasteiger partial charge in [0.1, 0.15) is 6.17 Å². The molecule has 2 rings (SSSR count). The molecule has 0 saturated heterocycles. The molecule has 0 radical (unpaired) electrons. The molecule has 1 atom stereocenters. The van der Waals surface area contributed by atoms with Gasteiger partial charge in [-0.25, -0.2) is 9.69 Å². The summed E-state index contributed by atoms with van der Waals surface area (Å²) in [5, 5.41) is 2.42. The SMILES string of the molecule is NC1C=CNC(=O)N1C(=O)c1ccccc1. The number of carbonyl (C=O) groups is 2. The fourth-order valence-electron chi connectivity index (χ4n) is 1.46. The summed E-state index contributed by atoms with van der Waals surface area (Å²) in [7, 11) is 0. The molecule has 82 valence electrons. The van der Waals surface area contributed by atoms with Crippen molar-refractivity contribution >= 4 is 11.9 Å². The number of nitrogens with zero attached hydrogens (tertiary/aromatic N) is 1. The van der Waals surface area contributed by atoms with Gasteiger partial charge in [0.2, 0.25) is 0 Å². The monoisotopic (exact) mass is 217 g/mol. The average Bonchev–Trinajstić information content (AvgIpc) is 2.30. The maximum absolute atomic E-state index is 12.0. The van der Waals surface area contributed by atoms with Crippen molar-refractivity contribution in [2.24, 2.45) is 5.73 Å². The van der Waals surface area contributed by atoms with Gasteiger partial charge in [-0.2, -0.15) is 0 Å². The van der Waals surface area contributed by atoms with Crippen molar-refractivity contribution in [1.29, 1.82) is 0 Å². The first-order valence-corrected chi connectivity index (χ1v) is 4.81. The predicted octanol–water partition coefficient (Wildman–Crippen LogP) is 0.650. The normalized spacial score (nSPS) is 19.4. The van der Waals surface area contributed by atoms with Crippen LogP contribution in [0.1, 0.15) is 10.4 Å². The van der Waals surface area contributed by atoms with Crippen LogP contribution in [0, 0.1) is 0 Å². The average molecular weight is 217 g/mol. The van der Waals surface area contributed by atoms with Crippen LogP contribution >= 0.6 is 0 Å². The first-order chi connectivity index (χ1) is 7.70. The van der Waals surface area contributed by atoms with Crippen molar-refractivity contribution in [1.82, 2.24) is 10.2 Å². The Labute approximate surface area is 92.5 Å². The van der Waals surface area contributed by atoms with Gasteiger partial charge in [0.05, 0.1) is 0 Å². The first kappa shape index (κ1) is 10.4. The smallest absolute Gasteiger partial charge is 0.314 e. The zero-order chi connectivity index (χ0) is 11.5. The van der Waals surface area contributed by atoms with Crippen molar-refractivity contribution in [2.45, 2.75) is 6.17 Å². The molecule has 0 aliphatic carbocycles. The standard InChI is InChI=1S/C11H11N3O2/c12-9-6-7-13-11(16)14(9)10(15)8-4-2-1-3-5-8/h1-7,9H,12H2,(H,13,16). The van der Waals surface area contributed by atoms with E-state index in [9.17, 15) is 9.59 Å². The highest BCUT2D eigenvalue weighted by Gasteiger charge is 2.28. The van der Waals surface area contributed by atoms with Gasteiger partial charge in [0.15, 0.2) is 0 Å². The van der Waals surface area contributed by atoms with Gasteiger partial charge in [-0.1, -0.05) is 18.2 Å². The largest absolute Gasteiger partial charge is 0.329 e. The fraction of sp³-hybridized carbons (Fsp3) is 0.0909. The zero-order valence-electron chi connectivity index (χ0n) is 8.46. The van der Waals surface area contributed by atoms with E-state index in [1.165, 1.54) is 6.20 Å². The number of hydrogen-bond donors (Lipinski definition) is 2. The van der Waals surface area contributed by atoms with Crippen molar-refractivity contribution in [2.75, 3.05) is 0 Å².